The normalized spacial score (nSPS) is 16.7. The van der Waals surface area contributed by atoms with Gasteiger partial charge in [-0.2, -0.15) is 0 Å². The van der Waals surface area contributed by atoms with E-state index in [9.17, 15) is 14.7 Å². The zero-order chi connectivity index (χ0) is 17.8. The van der Waals surface area contributed by atoms with Crippen LogP contribution >= 0.6 is 0 Å². The van der Waals surface area contributed by atoms with Gasteiger partial charge < -0.3 is 15.3 Å². The van der Waals surface area contributed by atoms with Gasteiger partial charge in [0.05, 0.1) is 11.9 Å². The van der Waals surface area contributed by atoms with Gasteiger partial charge in [-0.3, -0.25) is 4.79 Å². The van der Waals surface area contributed by atoms with Crippen molar-refractivity contribution in [1.82, 2.24) is 4.98 Å². The van der Waals surface area contributed by atoms with Crippen molar-refractivity contribution in [2.24, 2.45) is 0 Å². The van der Waals surface area contributed by atoms with Crippen molar-refractivity contribution in [2.75, 3.05) is 23.3 Å². The Kier molecular flexibility index (Phi) is 4.97. The lowest BCUT2D eigenvalue weighted by atomic mass is 9.99. The predicted molar refractivity (Wildman–Crippen MR) is 96.1 cm³/mol. The lowest BCUT2D eigenvalue weighted by Crippen LogP contribution is -2.23. The number of nitrogens with zero attached hydrogens (tertiary/aromatic N) is 2. The molecule has 0 bridgehead atoms. The molecule has 0 saturated carbocycles. The van der Waals surface area contributed by atoms with Gasteiger partial charge in [-0.25, -0.2) is 9.78 Å². The topological polar surface area (TPSA) is 82.5 Å². The van der Waals surface area contributed by atoms with E-state index in [0.29, 0.717) is 23.8 Å². The summed E-state index contributed by atoms with van der Waals surface area (Å²) >= 11 is 0. The molecule has 2 heterocycles. The molecule has 2 aromatic rings. The predicted octanol–water partition coefficient (Wildman–Crippen LogP) is 3.12. The largest absolute Gasteiger partial charge is 0.478 e. The Morgan fingerprint density at radius 2 is 2.08 bits per heavy atom. The van der Waals surface area contributed by atoms with Crippen LogP contribution in [0.2, 0.25) is 0 Å². The summed E-state index contributed by atoms with van der Waals surface area (Å²) < 4.78 is 0. The quantitative estimate of drug-likeness (QED) is 0.874. The molecule has 0 aliphatic carbocycles. The smallest absolute Gasteiger partial charge is 0.339 e. The molecule has 1 saturated heterocycles. The highest BCUT2D eigenvalue weighted by molar-refractivity contribution is 5.97. The van der Waals surface area contributed by atoms with Crippen LogP contribution in [-0.4, -0.2) is 35.1 Å². The lowest BCUT2D eigenvalue weighted by molar-refractivity contribution is -0.115. The van der Waals surface area contributed by atoms with Crippen molar-refractivity contribution in [1.29, 1.82) is 0 Å². The fourth-order valence-corrected chi connectivity index (χ4v) is 3.13. The number of nitrogens with one attached hydrogen (secondary N) is 1. The van der Waals surface area contributed by atoms with Gasteiger partial charge in [0.1, 0.15) is 11.4 Å². The monoisotopic (exact) mass is 339 g/mol. The third-order valence-electron chi connectivity index (χ3n) is 4.46. The van der Waals surface area contributed by atoms with E-state index in [4.69, 9.17) is 0 Å². The summed E-state index contributed by atoms with van der Waals surface area (Å²) in [6.07, 6.45) is 2.80. The number of carboxylic acid groups (broad SMARTS) is 1. The molecule has 1 atom stereocenters. The maximum Gasteiger partial charge on any atom is 0.339 e. The summed E-state index contributed by atoms with van der Waals surface area (Å²) in [5.41, 5.74) is 1.78. The zero-order valence-electron chi connectivity index (χ0n) is 14.1. The van der Waals surface area contributed by atoms with E-state index in [-0.39, 0.29) is 11.5 Å². The van der Waals surface area contributed by atoms with Gasteiger partial charge >= 0.3 is 5.97 Å². The summed E-state index contributed by atoms with van der Waals surface area (Å²) in [7, 11) is 0. The highest BCUT2D eigenvalue weighted by atomic mass is 16.4. The Labute approximate surface area is 146 Å². The number of amides is 1. The summed E-state index contributed by atoms with van der Waals surface area (Å²) in [5, 5.41) is 12.2. The standard InChI is InChI=1S/C19H21N3O3/c1-2-17(23)21-15-10-16(19(24)25)18(20-11-15)22-9-8-14(12-22)13-6-4-3-5-7-13/h3-7,10-11,14H,2,8-9,12H2,1H3,(H,21,23)(H,24,25)/t14-/m1/s1. The molecule has 3 rings (SSSR count). The van der Waals surface area contributed by atoms with E-state index in [0.717, 1.165) is 19.5 Å². The van der Waals surface area contributed by atoms with Crippen LogP contribution < -0.4 is 10.2 Å². The minimum atomic E-state index is -1.04. The molecule has 0 unspecified atom stereocenters. The molecule has 6 heteroatoms. The van der Waals surface area contributed by atoms with Crippen LogP contribution in [0.1, 0.15) is 41.6 Å². The maximum atomic E-state index is 11.7. The summed E-state index contributed by atoms with van der Waals surface area (Å²) in [5.74, 6) is -0.390. The number of pyridine rings is 1. The molecule has 1 aliphatic rings. The number of rotatable bonds is 5. The number of carbonyl (C=O) groups excluding carboxylic acids is 1. The molecule has 130 valence electrons. The van der Waals surface area contributed by atoms with Crippen molar-refractivity contribution in [3.8, 4) is 0 Å². The molecule has 2 N–H and O–H groups in total. The Balaban J connectivity index is 1.82. The zero-order valence-corrected chi connectivity index (χ0v) is 14.1. The van der Waals surface area contributed by atoms with Crippen LogP contribution in [0.4, 0.5) is 11.5 Å². The first kappa shape index (κ1) is 17.0. The molecule has 0 radical (unpaired) electrons. The highest BCUT2D eigenvalue weighted by Crippen LogP contribution is 2.32. The van der Waals surface area contributed by atoms with Crippen LogP contribution in [0.15, 0.2) is 42.6 Å². The van der Waals surface area contributed by atoms with Crippen molar-refractivity contribution >= 4 is 23.4 Å². The third-order valence-corrected chi connectivity index (χ3v) is 4.46. The average molecular weight is 339 g/mol. The van der Waals surface area contributed by atoms with Crippen LogP contribution in [-0.2, 0) is 4.79 Å². The lowest BCUT2D eigenvalue weighted by Gasteiger charge is -2.20. The van der Waals surface area contributed by atoms with Gasteiger partial charge in [0, 0.05) is 25.4 Å². The molecule has 1 aromatic heterocycles. The minimum absolute atomic E-state index is 0.114. The first-order chi connectivity index (χ1) is 12.1. The number of hydrogen-bond acceptors (Lipinski definition) is 4. The number of carboxylic acids is 1. The first-order valence-electron chi connectivity index (χ1n) is 8.41. The number of aromatic nitrogens is 1. The Bertz CT molecular complexity index is 777. The van der Waals surface area contributed by atoms with E-state index in [1.165, 1.54) is 17.8 Å². The van der Waals surface area contributed by atoms with E-state index in [1.54, 1.807) is 6.92 Å². The van der Waals surface area contributed by atoms with Crippen LogP contribution in [0.25, 0.3) is 0 Å². The average Bonchev–Trinajstić information content (AvgIpc) is 3.12. The molecule has 6 nitrogen and oxygen atoms in total. The molecule has 0 spiro atoms. The summed E-state index contributed by atoms with van der Waals surface area (Å²) in [4.78, 5) is 29.5. The number of benzene rings is 1. The molecule has 1 aliphatic heterocycles. The van der Waals surface area contributed by atoms with Crippen LogP contribution in [0, 0.1) is 0 Å². The molecular weight excluding hydrogens is 318 g/mol. The van der Waals surface area contributed by atoms with Crippen LogP contribution in [0.5, 0.6) is 0 Å². The van der Waals surface area contributed by atoms with E-state index >= 15 is 0 Å². The van der Waals surface area contributed by atoms with Crippen molar-refractivity contribution in [2.45, 2.75) is 25.7 Å². The summed E-state index contributed by atoms with van der Waals surface area (Å²) in [6, 6.07) is 11.7. The second kappa shape index (κ2) is 7.34. The van der Waals surface area contributed by atoms with Gasteiger partial charge in [0.25, 0.3) is 0 Å². The number of hydrogen-bond donors (Lipinski definition) is 2. The maximum absolute atomic E-state index is 11.7. The Morgan fingerprint density at radius 3 is 2.76 bits per heavy atom. The van der Waals surface area contributed by atoms with Gasteiger partial charge in [0.15, 0.2) is 0 Å². The second-order valence-electron chi connectivity index (χ2n) is 6.14. The molecule has 1 aromatic carbocycles. The fourth-order valence-electron chi connectivity index (χ4n) is 3.13. The van der Waals surface area contributed by atoms with E-state index in [1.807, 2.05) is 23.1 Å². The SMILES string of the molecule is CCC(=O)Nc1cnc(N2CC[C@@H](c3ccccc3)C2)c(C(=O)O)c1. The van der Waals surface area contributed by atoms with Crippen LogP contribution in [0.3, 0.4) is 0 Å². The number of aromatic carboxylic acids is 1. The molecular formula is C19H21N3O3. The molecule has 1 amide bonds. The van der Waals surface area contributed by atoms with Crippen molar-refractivity contribution in [3.63, 3.8) is 0 Å². The molecule has 25 heavy (non-hydrogen) atoms. The van der Waals surface area contributed by atoms with Gasteiger partial charge in [-0.15, -0.1) is 0 Å². The van der Waals surface area contributed by atoms with Crippen molar-refractivity contribution < 1.29 is 14.7 Å². The second-order valence-corrected chi connectivity index (χ2v) is 6.14. The summed E-state index contributed by atoms with van der Waals surface area (Å²) in [6.45, 7) is 3.23. The highest BCUT2D eigenvalue weighted by Gasteiger charge is 2.28. The Morgan fingerprint density at radius 1 is 1.32 bits per heavy atom. The minimum Gasteiger partial charge on any atom is -0.478 e. The Hall–Kier alpha value is -2.89. The molecule has 1 fully saturated rings. The first-order valence-corrected chi connectivity index (χ1v) is 8.41. The van der Waals surface area contributed by atoms with E-state index in [2.05, 4.69) is 22.4 Å². The number of carbonyl (C=O) groups is 2. The van der Waals surface area contributed by atoms with Crippen molar-refractivity contribution in [3.05, 3.63) is 53.7 Å². The van der Waals surface area contributed by atoms with E-state index < -0.39 is 5.97 Å². The third kappa shape index (κ3) is 3.79. The fraction of sp³-hybridized carbons (Fsp3) is 0.316. The number of anilines is 2. The van der Waals surface area contributed by atoms with Gasteiger partial charge in [-0.1, -0.05) is 37.3 Å². The van der Waals surface area contributed by atoms with Gasteiger partial charge in [0.2, 0.25) is 5.91 Å². The van der Waals surface area contributed by atoms with Gasteiger partial charge in [-0.05, 0) is 18.1 Å².